The number of hydrogen-bond acceptors (Lipinski definition) is 4. The minimum Gasteiger partial charge on any atom is -0.489 e. The third-order valence-corrected chi connectivity index (χ3v) is 11.3. The van der Waals surface area contributed by atoms with Crippen LogP contribution in [-0.2, 0) is 24.2 Å². The Labute approximate surface area is 290 Å². The summed E-state index contributed by atoms with van der Waals surface area (Å²) in [6.07, 6.45) is 2.86. The summed E-state index contributed by atoms with van der Waals surface area (Å²) in [7, 11) is -3.36. The molecular formula is C44H41O4P. The van der Waals surface area contributed by atoms with Gasteiger partial charge in [-0.05, 0) is 77.1 Å². The maximum Gasteiger partial charge on any atom is 0.174 e. The van der Waals surface area contributed by atoms with Gasteiger partial charge >= 0.3 is 0 Å². The van der Waals surface area contributed by atoms with Crippen molar-refractivity contribution < 1.29 is 18.8 Å². The van der Waals surface area contributed by atoms with Crippen molar-refractivity contribution in [3.05, 3.63) is 180 Å². The van der Waals surface area contributed by atoms with Gasteiger partial charge in [0.2, 0.25) is 0 Å². The van der Waals surface area contributed by atoms with Crippen LogP contribution >= 0.6 is 7.14 Å². The van der Waals surface area contributed by atoms with Crippen molar-refractivity contribution in [1.82, 2.24) is 0 Å². The fourth-order valence-corrected chi connectivity index (χ4v) is 8.49. The molecule has 0 spiro atoms. The van der Waals surface area contributed by atoms with E-state index < -0.39 is 7.14 Å². The van der Waals surface area contributed by atoms with E-state index in [9.17, 15) is 0 Å². The minimum absolute atomic E-state index is 0.324. The summed E-state index contributed by atoms with van der Waals surface area (Å²) in [5, 5.41) is 2.04. The molecule has 49 heavy (non-hydrogen) atoms. The Bertz CT molecular complexity index is 1960. The molecule has 4 nitrogen and oxygen atoms in total. The van der Waals surface area contributed by atoms with E-state index in [0.29, 0.717) is 35.9 Å². The summed E-state index contributed by atoms with van der Waals surface area (Å²) in [6, 6.07) is 49.0. The topological polar surface area (TPSA) is 44.8 Å². The van der Waals surface area contributed by atoms with Crippen LogP contribution in [0.5, 0.6) is 23.0 Å². The highest BCUT2D eigenvalue weighted by atomic mass is 31.2. The van der Waals surface area contributed by atoms with Gasteiger partial charge in [0, 0.05) is 10.6 Å². The lowest BCUT2D eigenvalue weighted by Crippen LogP contribution is -2.26. The maximum atomic E-state index is 15.5. The van der Waals surface area contributed by atoms with Gasteiger partial charge in [-0.25, -0.2) is 0 Å². The van der Waals surface area contributed by atoms with Crippen LogP contribution in [0.15, 0.2) is 158 Å². The third kappa shape index (κ3) is 8.41. The average molecular weight is 665 g/mol. The van der Waals surface area contributed by atoms with Gasteiger partial charge in [-0.3, -0.25) is 0 Å². The van der Waals surface area contributed by atoms with E-state index in [0.717, 1.165) is 45.2 Å². The van der Waals surface area contributed by atoms with Crippen LogP contribution in [0.1, 0.15) is 36.1 Å². The molecule has 0 heterocycles. The first kappa shape index (κ1) is 33.6. The van der Waals surface area contributed by atoms with E-state index in [1.807, 2.05) is 146 Å². The van der Waals surface area contributed by atoms with Crippen LogP contribution in [0.2, 0.25) is 0 Å². The molecule has 0 saturated heterocycles. The molecule has 5 heteroatoms. The van der Waals surface area contributed by atoms with Gasteiger partial charge in [0.25, 0.3) is 0 Å². The molecule has 0 atom stereocenters. The van der Waals surface area contributed by atoms with Crippen molar-refractivity contribution in [1.29, 1.82) is 0 Å². The summed E-state index contributed by atoms with van der Waals surface area (Å²) < 4.78 is 34.3. The summed E-state index contributed by atoms with van der Waals surface area (Å²) in [5.74, 6) is 3.33. The quantitative estimate of drug-likeness (QED) is 0.109. The molecule has 6 aromatic carbocycles. The summed E-state index contributed by atoms with van der Waals surface area (Å²) >= 11 is 0. The molecule has 6 rings (SSSR count). The van der Waals surface area contributed by atoms with Gasteiger partial charge in [-0.15, -0.1) is 0 Å². The number of hydrogen-bond donors (Lipinski definition) is 0. The first-order valence-electron chi connectivity index (χ1n) is 16.6. The zero-order valence-corrected chi connectivity index (χ0v) is 28.9. The van der Waals surface area contributed by atoms with Crippen molar-refractivity contribution in [3.63, 3.8) is 0 Å². The zero-order valence-electron chi connectivity index (χ0n) is 28.0. The molecule has 0 aliphatic rings. The lowest BCUT2D eigenvalue weighted by atomic mass is 10.0. The van der Waals surface area contributed by atoms with Gasteiger partial charge < -0.3 is 18.8 Å². The van der Waals surface area contributed by atoms with Crippen molar-refractivity contribution in [2.45, 2.75) is 33.5 Å². The molecule has 0 bridgehead atoms. The number of ether oxygens (including phenoxy) is 3. The van der Waals surface area contributed by atoms with Crippen LogP contribution in [0.4, 0.5) is 0 Å². The summed E-state index contributed by atoms with van der Waals surface area (Å²) in [4.78, 5) is 0. The largest absolute Gasteiger partial charge is 0.489 e. The lowest BCUT2D eigenvalue weighted by molar-refractivity contribution is 0.299. The van der Waals surface area contributed by atoms with Gasteiger partial charge in [-0.1, -0.05) is 136 Å². The molecule has 0 fully saturated rings. The normalized spacial score (nSPS) is 11.2. The Hall–Kier alpha value is -5.31. The molecule has 0 unspecified atom stereocenters. The molecule has 0 aliphatic carbocycles. The van der Waals surface area contributed by atoms with Crippen LogP contribution in [-0.4, -0.2) is 0 Å². The fourth-order valence-electron chi connectivity index (χ4n) is 5.69. The van der Waals surface area contributed by atoms with Crippen molar-refractivity contribution in [2.75, 3.05) is 0 Å². The standard InChI is InChI=1S/C44H41O4P/c1-4-34-15-17-36(18-16-34)32-47-43-28-27-40(30-44(43)49(45,41-11-7-5-8-12-41)42-13-9-6-10-14-42)46-31-37-21-25-39(26-22-37)48-38-23-19-35(20-24-38)29-33(2)3/h4-28,30,33H,1,29,31-32H2,2-3H3. The molecule has 246 valence electrons. The second kappa shape index (κ2) is 15.7. The first-order chi connectivity index (χ1) is 23.9. The van der Waals surface area contributed by atoms with E-state index in [1.54, 1.807) is 0 Å². The lowest BCUT2D eigenvalue weighted by Gasteiger charge is -2.23. The number of rotatable bonds is 14. The van der Waals surface area contributed by atoms with Crippen LogP contribution < -0.4 is 30.1 Å². The minimum atomic E-state index is -3.36. The Morgan fingerprint density at radius 3 is 1.61 bits per heavy atom. The van der Waals surface area contributed by atoms with E-state index >= 15 is 4.57 Å². The zero-order chi connectivity index (χ0) is 34.1. The van der Waals surface area contributed by atoms with Crippen molar-refractivity contribution in [3.8, 4) is 23.0 Å². The van der Waals surface area contributed by atoms with E-state index in [1.165, 1.54) is 5.56 Å². The molecule has 0 aromatic heterocycles. The highest BCUT2D eigenvalue weighted by Crippen LogP contribution is 2.46. The molecule has 0 radical (unpaired) electrons. The van der Waals surface area contributed by atoms with E-state index in [-0.39, 0.29) is 0 Å². The molecule has 0 N–H and O–H groups in total. The summed E-state index contributed by atoms with van der Waals surface area (Å²) in [6.45, 7) is 8.94. The fraction of sp³-hybridized carbons (Fsp3) is 0.136. The second-order valence-corrected chi connectivity index (χ2v) is 15.2. The van der Waals surface area contributed by atoms with Crippen LogP contribution in [0.25, 0.3) is 6.08 Å². The number of benzene rings is 6. The van der Waals surface area contributed by atoms with Gasteiger partial charge in [0.15, 0.2) is 7.14 Å². The molecular weight excluding hydrogens is 623 g/mol. The molecule has 0 aliphatic heterocycles. The smallest absolute Gasteiger partial charge is 0.174 e. The maximum absolute atomic E-state index is 15.5. The Morgan fingerprint density at radius 2 is 1.08 bits per heavy atom. The van der Waals surface area contributed by atoms with Crippen LogP contribution in [0.3, 0.4) is 0 Å². The Morgan fingerprint density at radius 1 is 0.592 bits per heavy atom. The molecule has 0 saturated carbocycles. The monoisotopic (exact) mass is 664 g/mol. The van der Waals surface area contributed by atoms with Crippen molar-refractivity contribution >= 4 is 29.1 Å². The van der Waals surface area contributed by atoms with Crippen LogP contribution in [0, 0.1) is 5.92 Å². The van der Waals surface area contributed by atoms with Gasteiger partial charge in [-0.2, -0.15) is 0 Å². The van der Waals surface area contributed by atoms with Gasteiger partial charge in [0.05, 0.1) is 5.30 Å². The predicted octanol–water partition coefficient (Wildman–Crippen LogP) is 10.1. The summed E-state index contributed by atoms with van der Waals surface area (Å²) in [5.41, 5.74) is 4.33. The SMILES string of the molecule is C=Cc1ccc(COc2ccc(OCc3ccc(Oc4ccc(CC(C)C)cc4)cc3)cc2P(=O)(c2ccccc2)c2ccccc2)cc1. The predicted molar refractivity (Wildman–Crippen MR) is 203 cm³/mol. The van der Waals surface area contributed by atoms with E-state index in [4.69, 9.17) is 14.2 Å². The van der Waals surface area contributed by atoms with E-state index in [2.05, 4.69) is 32.6 Å². The highest BCUT2D eigenvalue weighted by molar-refractivity contribution is 7.85. The third-order valence-electron chi connectivity index (χ3n) is 8.25. The highest BCUT2D eigenvalue weighted by Gasteiger charge is 2.33. The van der Waals surface area contributed by atoms with Crippen molar-refractivity contribution in [2.24, 2.45) is 5.92 Å². The molecule has 0 amide bonds. The van der Waals surface area contributed by atoms with Gasteiger partial charge in [0.1, 0.15) is 36.2 Å². The Kier molecular flexibility index (Phi) is 10.8. The Balaban J connectivity index is 1.25. The molecule has 6 aromatic rings. The average Bonchev–Trinajstić information content (AvgIpc) is 3.15. The second-order valence-electron chi connectivity index (χ2n) is 12.4. The first-order valence-corrected chi connectivity index (χ1v) is 18.3.